The number of nitrogens with one attached hydrogen (secondary N) is 1. The summed E-state index contributed by atoms with van der Waals surface area (Å²) in [7, 11) is 0. The third-order valence-corrected chi connectivity index (χ3v) is 3.89. The molecule has 104 valence electrons. The molecule has 1 N–H and O–H groups in total. The Hall–Kier alpha value is -1.80. The van der Waals surface area contributed by atoms with E-state index in [0.717, 1.165) is 31.7 Å². The van der Waals surface area contributed by atoms with Crippen molar-refractivity contribution in [1.82, 2.24) is 5.32 Å². The van der Waals surface area contributed by atoms with E-state index in [-0.39, 0.29) is 0 Å². The summed E-state index contributed by atoms with van der Waals surface area (Å²) >= 11 is 0. The zero-order valence-electron chi connectivity index (χ0n) is 11.9. The number of ether oxygens (including phenoxy) is 1. The third kappa shape index (κ3) is 2.86. The fourth-order valence-corrected chi connectivity index (χ4v) is 2.91. The molecule has 0 saturated carbocycles. The van der Waals surface area contributed by atoms with Crippen LogP contribution in [0.15, 0.2) is 48.5 Å². The van der Waals surface area contributed by atoms with Crippen LogP contribution in [0, 0.1) is 0 Å². The van der Waals surface area contributed by atoms with E-state index in [1.807, 2.05) is 6.92 Å². The van der Waals surface area contributed by atoms with Gasteiger partial charge in [-0.05, 0) is 37.0 Å². The lowest BCUT2D eigenvalue weighted by Gasteiger charge is -2.28. The lowest BCUT2D eigenvalue weighted by atomic mass is 9.91. The van der Waals surface area contributed by atoms with Crippen LogP contribution in [0.5, 0.6) is 5.75 Å². The minimum atomic E-state index is 0.492. The van der Waals surface area contributed by atoms with Crippen LogP contribution in [0.4, 0.5) is 0 Å². The van der Waals surface area contributed by atoms with E-state index in [1.165, 1.54) is 16.7 Å². The van der Waals surface area contributed by atoms with Crippen LogP contribution < -0.4 is 10.1 Å². The Kier molecular flexibility index (Phi) is 4.03. The Morgan fingerprint density at radius 2 is 1.95 bits per heavy atom. The van der Waals surface area contributed by atoms with Gasteiger partial charge in [0.15, 0.2) is 0 Å². The molecule has 2 nitrogen and oxygen atoms in total. The van der Waals surface area contributed by atoms with Crippen LogP contribution in [0.3, 0.4) is 0 Å². The first-order valence-corrected chi connectivity index (χ1v) is 7.37. The summed E-state index contributed by atoms with van der Waals surface area (Å²) < 4.78 is 5.78. The molecule has 2 aromatic carbocycles. The highest BCUT2D eigenvalue weighted by molar-refractivity contribution is 5.42. The average Bonchev–Trinajstić information content (AvgIpc) is 2.49. The molecule has 1 aliphatic rings. The number of rotatable bonds is 4. The summed E-state index contributed by atoms with van der Waals surface area (Å²) in [6.45, 7) is 3.71. The summed E-state index contributed by atoms with van der Waals surface area (Å²) in [5.41, 5.74) is 4.15. The molecule has 0 saturated heterocycles. The molecular weight excluding hydrogens is 246 g/mol. The lowest BCUT2D eigenvalue weighted by molar-refractivity contribution is 0.331. The maximum Gasteiger partial charge on any atom is 0.122 e. The highest BCUT2D eigenvalue weighted by atomic mass is 16.5. The van der Waals surface area contributed by atoms with Crippen molar-refractivity contribution in [3.05, 3.63) is 65.2 Å². The van der Waals surface area contributed by atoms with Crippen LogP contribution in [0.2, 0.25) is 0 Å². The van der Waals surface area contributed by atoms with Crippen LogP contribution in [0.25, 0.3) is 0 Å². The second-order valence-corrected chi connectivity index (χ2v) is 5.30. The molecule has 20 heavy (non-hydrogen) atoms. The molecule has 0 bridgehead atoms. The van der Waals surface area contributed by atoms with Gasteiger partial charge in [0.25, 0.3) is 0 Å². The molecule has 3 rings (SSSR count). The zero-order valence-corrected chi connectivity index (χ0v) is 11.9. The van der Waals surface area contributed by atoms with Gasteiger partial charge in [-0.2, -0.15) is 0 Å². The van der Waals surface area contributed by atoms with Crippen molar-refractivity contribution in [2.45, 2.75) is 32.4 Å². The molecule has 0 spiro atoms. The lowest BCUT2D eigenvalue weighted by Crippen LogP contribution is -2.37. The number of fused-ring (bicyclic) bond motifs is 1. The predicted molar refractivity (Wildman–Crippen MR) is 82.1 cm³/mol. The van der Waals surface area contributed by atoms with Gasteiger partial charge in [-0.15, -0.1) is 0 Å². The second-order valence-electron chi connectivity index (χ2n) is 5.30. The Bertz CT molecular complexity index is 565. The van der Waals surface area contributed by atoms with Gasteiger partial charge >= 0.3 is 0 Å². The standard InChI is InChI=1S/C18H21NO/c1-2-20-18-10-6-9-15-13-19-16(12-17(15)18)11-14-7-4-3-5-8-14/h3-10,16,19H,2,11-13H2,1H3. The normalized spacial score (nSPS) is 17.6. The van der Waals surface area contributed by atoms with E-state index in [4.69, 9.17) is 4.74 Å². The van der Waals surface area contributed by atoms with Gasteiger partial charge in [0.05, 0.1) is 6.61 Å². The van der Waals surface area contributed by atoms with Crippen molar-refractivity contribution in [3.63, 3.8) is 0 Å². The SMILES string of the molecule is CCOc1cccc2c1CC(Cc1ccccc1)NC2. The minimum absolute atomic E-state index is 0.492. The van der Waals surface area contributed by atoms with Crippen molar-refractivity contribution in [3.8, 4) is 5.75 Å². The summed E-state index contributed by atoms with van der Waals surface area (Å²) in [4.78, 5) is 0. The van der Waals surface area contributed by atoms with Crippen molar-refractivity contribution in [1.29, 1.82) is 0 Å². The van der Waals surface area contributed by atoms with E-state index in [0.29, 0.717) is 6.04 Å². The summed E-state index contributed by atoms with van der Waals surface area (Å²) in [5, 5.41) is 3.64. The zero-order chi connectivity index (χ0) is 13.8. The topological polar surface area (TPSA) is 21.3 Å². The number of hydrogen-bond donors (Lipinski definition) is 1. The van der Waals surface area contributed by atoms with E-state index in [9.17, 15) is 0 Å². The smallest absolute Gasteiger partial charge is 0.122 e. The first kappa shape index (κ1) is 13.2. The molecule has 2 aromatic rings. The molecular formula is C18H21NO. The molecule has 0 radical (unpaired) electrons. The molecule has 2 heteroatoms. The molecule has 0 aliphatic carbocycles. The molecule has 0 aromatic heterocycles. The Balaban J connectivity index is 1.77. The van der Waals surface area contributed by atoms with E-state index in [2.05, 4.69) is 53.8 Å². The highest BCUT2D eigenvalue weighted by Gasteiger charge is 2.21. The Labute approximate surface area is 120 Å². The van der Waals surface area contributed by atoms with Crippen molar-refractivity contribution < 1.29 is 4.74 Å². The quantitative estimate of drug-likeness (QED) is 0.917. The third-order valence-electron chi connectivity index (χ3n) is 3.89. The maximum absolute atomic E-state index is 5.78. The van der Waals surface area contributed by atoms with E-state index < -0.39 is 0 Å². The Morgan fingerprint density at radius 1 is 1.10 bits per heavy atom. The number of hydrogen-bond acceptors (Lipinski definition) is 2. The summed E-state index contributed by atoms with van der Waals surface area (Å²) in [6, 6.07) is 17.6. The highest BCUT2D eigenvalue weighted by Crippen LogP contribution is 2.28. The van der Waals surface area contributed by atoms with Crippen LogP contribution in [0.1, 0.15) is 23.6 Å². The molecule has 1 atom stereocenters. The summed E-state index contributed by atoms with van der Waals surface area (Å²) in [5.74, 6) is 1.06. The molecule has 0 amide bonds. The monoisotopic (exact) mass is 267 g/mol. The number of benzene rings is 2. The van der Waals surface area contributed by atoms with Crippen molar-refractivity contribution >= 4 is 0 Å². The molecule has 1 unspecified atom stereocenters. The predicted octanol–water partition coefficient (Wildman–Crippen LogP) is 3.34. The first-order chi connectivity index (χ1) is 9.86. The van der Waals surface area contributed by atoms with E-state index in [1.54, 1.807) is 0 Å². The summed E-state index contributed by atoms with van der Waals surface area (Å²) in [6.07, 6.45) is 2.11. The van der Waals surface area contributed by atoms with Crippen molar-refractivity contribution in [2.75, 3.05) is 6.61 Å². The second kappa shape index (κ2) is 6.10. The fraction of sp³-hybridized carbons (Fsp3) is 0.333. The van der Waals surface area contributed by atoms with Gasteiger partial charge in [-0.3, -0.25) is 0 Å². The fourth-order valence-electron chi connectivity index (χ4n) is 2.91. The maximum atomic E-state index is 5.78. The van der Waals surface area contributed by atoms with Crippen LogP contribution in [-0.2, 0) is 19.4 Å². The van der Waals surface area contributed by atoms with Gasteiger partial charge in [0.2, 0.25) is 0 Å². The van der Waals surface area contributed by atoms with Gasteiger partial charge in [-0.25, -0.2) is 0 Å². The van der Waals surface area contributed by atoms with Crippen LogP contribution >= 0.6 is 0 Å². The van der Waals surface area contributed by atoms with Gasteiger partial charge in [0, 0.05) is 18.2 Å². The van der Waals surface area contributed by atoms with Crippen LogP contribution in [-0.4, -0.2) is 12.6 Å². The van der Waals surface area contributed by atoms with Gasteiger partial charge in [0.1, 0.15) is 5.75 Å². The first-order valence-electron chi connectivity index (χ1n) is 7.37. The van der Waals surface area contributed by atoms with Gasteiger partial charge in [-0.1, -0.05) is 42.5 Å². The van der Waals surface area contributed by atoms with Crippen molar-refractivity contribution in [2.24, 2.45) is 0 Å². The molecule has 1 aliphatic heterocycles. The minimum Gasteiger partial charge on any atom is -0.494 e. The van der Waals surface area contributed by atoms with Gasteiger partial charge < -0.3 is 10.1 Å². The molecule has 1 heterocycles. The van der Waals surface area contributed by atoms with E-state index >= 15 is 0 Å². The largest absolute Gasteiger partial charge is 0.494 e. The molecule has 0 fully saturated rings. The average molecular weight is 267 g/mol. The Morgan fingerprint density at radius 3 is 2.75 bits per heavy atom.